The number of nitro groups is 1. The van der Waals surface area contributed by atoms with Crippen molar-refractivity contribution in [2.75, 3.05) is 6.54 Å². The molecule has 0 aliphatic carbocycles. The zero-order valence-electron chi connectivity index (χ0n) is 13.7. The summed E-state index contributed by atoms with van der Waals surface area (Å²) < 4.78 is 0. The standard InChI is InChI=1S/C20H18BNO2P/c21-25(18-12-6-2-7-13-18,19-14-8-3-9-15-19)20(16-22(23)24)17-10-4-1-5-11-17/h1-15,20H,16H2/q+1. The first-order valence-electron chi connectivity index (χ1n) is 8.07. The Kier molecular flexibility index (Phi) is 5.30. The second-order valence-electron chi connectivity index (χ2n) is 5.89. The minimum atomic E-state index is -2.50. The van der Waals surface area contributed by atoms with Gasteiger partial charge < -0.3 is 0 Å². The van der Waals surface area contributed by atoms with Crippen molar-refractivity contribution in [3.63, 3.8) is 0 Å². The summed E-state index contributed by atoms with van der Waals surface area (Å²) in [6.07, 6.45) is 0. The van der Waals surface area contributed by atoms with Gasteiger partial charge in [-0.25, -0.2) is 0 Å². The van der Waals surface area contributed by atoms with Gasteiger partial charge in [-0.15, -0.1) is 0 Å². The van der Waals surface area contributed by atoms with Crippen molar-refractivity contribution in [3.05, 3.63) is 107 Å². The van der Waals surface area contributed by atoms with Crippen LogP contribution in [0, 0.1) is 10.1 Å². The lowest BCUT2D eigenvalue weighted by Gasteiger charge is -2.30. The molecule has 2 radical (unpaired) electrons. The number of nitrogens with zero attached hydrogens (tertiary/aromatic N) is 1. The van der Waals surface area contributed by atoms with Crippen LogP contribution in [0.4, 0.5) is 0 Å². The molecule has 3 nitrogen and oxygen atoms in total. The molecule has 0 aliphatic rings. The summed E-state index contributed by atoms with van der Waals surface area (Å²) >= 11 is 0. The van der Waals surface area contributed by atoms with Crippen molar-refractivity contribution in [2.45, 2.75) is 5.66 Å². The van der Waals surface area contributed by atoms with E-state index in [0.717, 1.165) is 16.2 Å². The Balaban J connectivity index is 2.22. The van der Waals surface area contributed by atoms with Crippen LogP contribution in [0.3, 0.4) is 0 Å². The molecule has 1 atom stereocenters. The number of rotatable bonds is 6. The van der Waals surface area contributed by atoms with Crippen LogP contribution >= 0.6 is 7.14 Å². The summed E-state index contributed by atoms with van der Waals surface area (Å²) in [5.41, 5.74) is 0.524. The second kappa shape index (κ2) is 7.63. The molecule has 3 aromatic rings. The van der Waals surface area contributed by atoms with Crippen LogP contribution in [0.25, 0.3) is 0 Å². The van der Waals surface area contributed by atoms with Gasteiger partial charge in [-0.2, -0.15) is 0 Å². The molecule has 0 heterocycles. The largest absolute Gasteiger partial charge is 0.378 e. The van der Waals surface area contributed by atoms with Crippen molar-refractivity contribution < 1.29 is 4.92 Å². The molecule has 0 saturated heterocycles. The molecule has 122 valence electrons. The van der Waals surface area contributed by atoms with Crippen molar-refractivity contribution in [2.24, 2.45) is 0 Å². The summed E-state index contributed by atoms with van der Waals surface area (Å²) in [4.78, 5) is 11.2. The first kappa shape index (κ1) is 17.4. The molecular weight excluding hydrogens is 328 g/mol. The lowest BCUT2D eigenvalue weighted by Crippen LogP contribution is -2.31. The molecule has 0 aromatic heterocycles. The quantitative estimate of drug-likeness (QED) is 0.295. The summed E-state index contributed by atoms with van der Waals surface area (Å²) in [5.74, 6) is 0. The van der Waals surface area contributed by atoms with Crippen LogP contribution < -0.4 is 10.6 Å². The van der Waals surface area contributed by atoms with E-state index in [-0.39, 0.29) is 17.1 Å². The highest BCUT2D eigenvalue weighted by molar-refractivity contribution is 8.08. The molecular formula is C20H18BNO2P+. The Labute approximate surface area is 149 Å². The zero-order valence-corrected chi connectivity index (χ0v) is 14.6. The summed E-state index contributed by atoms with van der Waals surface area (Å²) in [5, 5.41) is 13.4. The third-order valence-electron chi connectivity index (χ3n) is 4.36. The predicted molar refractivity (Wildman–Crippen MR) is 106 cm³/mol. The van der Waals surface area contributed by atoms with Crippen LogP contribution in [0.15, 0.2) is 91.0 Å². The molecule has 25 heavy (non-hydrogen) atoms. The molecule has 0 aliphatic heterocycles. The smallest absolute Gasteiger partial charge is 0.264 e. The number of hydrogen-bond donors (Lipinski definition) is 0. The SMILES string of the molecule is [B][P+](c1ccccc1)(c1ccccc1)C(C[N+](=O)[O-])c1ccccc1. The van der Waals surface area contributed by atoms with Gasteiger partial charge in [0.15, 0.2) is 5.66 Å². The first-order valence-corrected chi connectivity index (χ1v) is 10.0. The van der Waals surface area contributed by atoms with Gasteiger partial charge in [0.2, 0.25) is 6.54 Å². The highest BCUT2D eigenvalue weighted by Crippen LogP contribution is 2.63. The van der Waals surface area contributed by atoms with E-state index in [1.165, 1.54) is 0 Å². The monoisotopic (exact) mass is 346 g/mol. The highest BCUT2D eigenvalue weighted by atomic mass is 31.2. The van der Waals surface area contributed by atoms with Crippen molar-refractivity contribution in [3.8, 4) is 0 Å². The zero-order chi connectivity index (χ0) is 17.7. The molecule has 0 N–H and O–H groups in total. The lowest BCUT2D eigenvalue weighted by atomic mass is 10.1. The molecule has 0 amide bonds. The second-order valence-corrected chi connectivity index (χ2v) is 9.10. The average Bonchev–Trinajstić information content (AvgIpc) is 2.67. The van der Waals surface area contributed by atoms with Gasteiger partial charge in [-0.3, -0.25) is 10.1 Å². The lowest BCUT2D eigenvalue weighted by molar-refractivity contribution is -0.479. The van der Waals surface area contributed by atoms with Gasteiger partial charge in [0, 0.05) is 12.1 Å². The molecule has 3 rings (SSSR count). The van der Waals surface area contributed by atoms with E-state index in [9.17, 15) is 10.1 Å². The Morgan fingerprint density at radius 3 is 1.60 bits per heavy atom. The molecule has 0 bridgehead atoms. The Hall–Kier alpha value is -2.45. The maximum absolute atomic E-state index is 11.5. The fourth-order valence-electron chi connectivity index (χ4n) is 3.14. The molecule has 0 spiro atoms. The summed E-state index contributed by atoms with van der Waals surface area (Å²) in [6.45, 7) is -0.196. The first-order chi connectivity index (χ1) is 12.1. The molecule has 5 heteroatoms. The molecule has 1 unspecified atom stereocenters. The Bertz CT molecular complexity index is 789. The Morgan fingerprint density at radius 2 is 1.20 bits per heavy atom. The van der Waals surface area contributed by atoms with Crippen LogP contribution in [0.1, 0.15) is 11.2 Å². The number of hydrogen-bond acceptors (Lipinski definition) is 2. The van der Waals surface area contributed by atoms with Gasteiger partial charge in [0.05, 0.1) is 10.6 Å². The molecule has 3 aromatic carbocycles. The minimum absolute atomic E-state index is 0.196. The maximum Gasteiger partial charge on any atom is 0.378 e. The van der Waals surface area contributed by atoms with E-state index in [4.69, 9.17) is 7.57 Å². The maximum atomic E-state index is 11.5. The van der Waals surface area contributed by atoms with E-state index >= 15 is 0 Å². The summed E-state index contributed by atoms with van der Waals surface area (Å²) in [6, 6.07) is 29.1. The molecule has 0 saturated carbocycles. The van der Waals surface area contributed by atoms with Gasteiger partial charge >= 0.3 is 7.57 Å². The van der Waals surface area contributed by atoms with Crippen LogP contribution in [0.5, 0.6) is 0 Å². The Morgan fingerprint density at radius 1 is 0.800 bits per heavy atom. The van der Waals surface area contributed by atoms with Crippen molar-refractivity contribution >= 4 is 25.3 Å². The average molecular weight is 346 g/mol. The van der Waals surface area contributed by atoms with E-state index in [1.807, 2.05) is 91.0 Å². The van der Waals surface area contributed by atoms with Crippen molar-refractivity contribution in [1.29, 1.82) is 0 Å². The van der Waals surface area contributed by atoms with E-state index in [2.05, 4.69) is 0 Å². The van der Waals surface area contributed by atoms with Gasteiger partial charge in [-0.1, -0.05) is 66.7 Å². The van der Waals surface area contributed by atoms with E-state index < -0.39 is 7.14 Å². The van der Waals surface area contributed by atoms with Gasteiger partial charge in [0.1, 0.15) is 0 Å². The molecule has 0 fully saturated rings. The van der Waals surface area contributed by atoms with E-state index in [0.29, 0.717) is 0 Å². The fraction of sp³-hybridized carbons (Fsp3) is 0.100. The van der Waals surface area contributed by atoms with Crippen LogP contribution in [-0.2, 0) is 0 Å². The van der Waals surface area contributed by atoms with Gasteiger partial charge in [-0.05, 0) is 29.8 Å². The number of benzene rings is 3. The van der Waals surface area contributed by atoms with E-state index in [1.54, 1.807) is 0 Å². The highest BCUT2D eigenvalue weighted by Gasteiger charge is 2.48. The topological polar surface area (TPSA) is 43.1 Å². The minimum Gasteiger partial charge on any atom is -0.264 e. The normalized spacial score (nSPS) is 12.5. The van der Waals surface area contributed by atoms with Gasteiger partial charge in [0.25, 0.3) is 0 Å². The predicted octanol–water partition coefficient (Wildman–Crippen LogP) is 3.76. The fourth-order valence-corrected chi connectivity index (χ4v) is 6.53. The third-order valence-corrected chi connectivity index (χ3v) is 8.11. The van der Waals surface area contributed by atoms with Crippen LogP contribution in [-0.4, -0.2) is 19.0 Å². The summed E-state index contributed by atoms with van der Waals surface area (Å²) in [7, 11) is 4.57. The van der Waals surface area contributed by atoms with Crippen LogP contribution in [0.2, 0.25) is 0 Å². The third kappa shape index (κ3) is 3.64. The van der Waals surface area contributed by atoms with Crippen molar-refractivity contribution in [1.82, 2.24) is 0 Å².